The predicted octanol–water partition coefficient (Wildman–Crippen LogP) is 3.34. The molecule has 2 N–H and O–H groups in total. The molecule has 0 radical (unpaired) electrons. The second kappa shape index (κ2) is 6.13. The van der Waals surface area contributed by atoms with E-state index in [2.05, 4.69) is 15.3 Å². The number of methoxy groups -OCH3 is 1. The van der Waals surface area contributed by atoms with Crippen molar-refractivity contribution in [1.29, 1.82) is 0 Å². The number of carbonyl (C=O) groups is 1. The number of aromatic amines is 1. The summed E-state index contributed by atoms with van der Waals surface area (Å²) in [5.74, 6) is 1.27. The van der Waals surface area contributed by atoms with Gasteiger partial charge in [0.05, 0.1) is 7.11 Å². The van der Waals surface area contributed by atoms with E-state index in [1.807, 2.05) is 24.3 Å². The number of hydrogen-bond donors (Lipinski definition) is 2. The topological polar surface area (TPSA) is 67.0 Å². The zero-order valence-corrected chi connectivity index (χ0v) is 12.0. The number of nitrogens with zero attached hydrogens (tertiary/aromatic N) is 1. The van der Waals surface area contributed by atoms with Gasteiger partial charge in [-0.25, -0.2) is 4.98 Å². The summed E-state index contributed by atoms with van der Waals surface area (Å²) in [5, 5.41) is 2.86. The first-order chi connectivity index (χ1) is 10.8. The minimum absolute atomic E-state index is 0.176. The number of hydrogen-bond acceptors (Lipinski definition) is 3. The number of amides is 1. The van der Waals surface area contributed by atoms with Crippen molar-refractivity contribution in [3.63, 3.8) is 0 Å². The highest BCUT2D eigenvalue weighted by molar-refractivity contribution is 6.04. The van der Waals surface area contributed by atoms with Gasteiger partial charge < -0.3 is 15.0 Å². The van der Waals surface area contributed by atoms with Gasteiger partial charge >= 0.3 is 0 Å². The molecule has 0 fully saturated rings. The van der Waals surface area contributed by atoms with Crippen LogP contribution in [0.1, 0.15) is 10.4 Å². The summed E-state index contributed by atoms with van der Waals surface area (Å²) in [6.07, 6.45) is 3.47. The number of rotatable bonds is 4. The Kier molecular flexibility index (Phi) is 3.87. The predicted molar refractivity (Wildman–Crippen MR) is 85.0 cm³/mol. The molecule has 1 amide bonds. The zero-order chi connectivity index (χ0) is 15.4. The lowest BCUT2D eigenvalue weighted by Gasteiger charge is -2.07. The van der Waals surface area contributed by atoms with Crippen molar-refractivity contribution in [2.24, 2.45) is 0 Å². The summed E-state index contributed by atoms with van der Waals surface area (Å²) >= 11 is 0. The number of benzene rings is 2. The van der Waals surface area contributed by atoms with Crippen LogP contribution < -0.4 is 10.1 Å². The van der Waals surface area contributed by atoms with E-state index in [-0.39, 0.29) is 5.91 Å². The number of anilines is 1. The van der Waals surface area contributed by atoms with Gasteiger partial charge in [-0.05, 0) is 42.5 Å². The Morgan fingerprint density at radius 1 is 1.18 bits per heavy atom. The highest BCUT2D eigenvalue weighted by atomic mass is 16.5. The van der Waals surface area contributed by atoms with E-state index in [1.54, 1.807) is 43.8 Å². The molecule has 0 spiro atoms. The van der Waals surface area contributed by atoms with Gasteiger partial charge in [0.15, 0.2) is 0 Å². The van der Waals surface area contributed by atoms with Crippen molar-refractivity contribution in [3.05, 3.63) is 66.5 Å². The maximum Gasteiger partial charge on any atom is 0.255 e. The lowest BCUT2D eigenvalue weighted by molar-refractivity contribution is 0.102. The van der Waals surface area contributed by atoms with Crippen LogP contribution in [-0.2, 0) is 0 Å². The first kappa shape index (κ1) is 13.9. The molecule has 22 heavy (non-hydrogen) atoms. The Bertz CT molecular complexity index is 765. The van der Waals surface area contributed by atoms with Crippen molar-refractivity contribution in [1.82, 2.24) is 9.97 Å². The third-order valence-electron chi connectivity index (χ3n) is 3.25. The van der Waals surface area contributed by atoms with Gasteiger partial charge in [-0.3, -0.25) is 4.79 Å². The van der Waals surface area contributed by atoms with Crippen molar-refractivity contribution in [2.75, 3.05) is 12.4 Å². The maximum absolute atomic E-state index is 12.2. The van der Waals surface area contributed by atoms with Gasteiger partial charge in [0.25, 0.3) is 5.91 Å². The minimum atomic E-state index is -0.176. The summed E-state index contributed by atoms with van der Waals surface area (Å²) in [6, 6.07) is 14.5. The Balaban J connectivity index is 1.74. The molecular weight excluding hydrogens is 278 g/mol. The summed E-state index contributed by atoms with van der Waals surface area (Å²) in [7, 11) is 1.57. The van der Waals surface area contributed by atoms with Crippen LogP contribution in [0.2, 0.25) is 0 Å². The Labute approximate surface area is 128 Å². The van der Waals surface area contributed by atoms with Crippen LogP contribution in [0.4, 0.5) is 5.69 Å². The number of nitrogens with one attached hydrogen (secondary N) is 2. The fraction of sp³-hybridized carbons (Fsp3) is 0.0588. The summed E-state index contributed by atoms with van der Waals surface area (Å²) in [5.41, 5.74) is 2.24. The smallest absolute Gasteiger partial charge is 0.255 e. The number of carbonyl (C=O) groups excluding carboxylic acids is 1. The highest BCUT2D eigenvalue weighted by Gasteiger charge is 2.07. The van der Waals surface area contributed by atoms with Crippen LogP contribution in [0.3, 0.4) is 0 Å². The lowest BCUT2D eigenvalue weighted by Crippen LogP contribution is -2.11. The standard InChI is InChI=1S/C17H15N3O2/c1-22-15-4-2-3-13(11-15)17(21)20-14-7-5-12(6-8-14)16-18-9-10-19-16/h2-11H,1H3,(H,18,19)(H,20,21). The van der Waals surface area contributed by atoms with Crippen LogP contribution in [0.25, 0.3) is 11.4 Å². The summed E-state index contributed by atoms with van der Waals surface area (Å²) < 4.78 is 5.12. The van der Waals surface area contributed by atoms with Crippen LogP contribution in [0.15, 0.2) is 60.9 Å². The van der Waals surface area contributed by atoms with Gasteiger partial charge in [0.1, 0.15) is 11.6 Å². The average molecular weight is 293 g/mol. The van der Waals surface area contributed by atoms with Crippen LogP contribution >= 0.6 is 0 Å². The monoisotopic (exact) mass is 293 g/mol. The van der Waals surface area contributed by atoms with E-state index in [0.29, 0.717) is 11.3 Å². The fourth-order valence-electron chi connectivity index (χ4n) is 2.10. The molecule has 2 aromatic carbocycles. The maximum atomic E-state index is 12.2. The molecule has 5 nitrogen and oxygen atoms in total. The van der Waals surface area contributed by atoms with Crippen LogP contribution in [-0.4, -0.2) is 23.0 Å². The number of H-pyrrole nitrogens is 1. The first-order valence-electron chi connectivity index (χ1n) is 6.81. The van der Waals surface area contributed by atoms with E-state index in [1.165, 1.54) is 0 Å². The molecule has 0 bridgehead atoms. The SMILES string of the molecule is COc1cccc(C(=O)Nc2ccc(-c3ncc[nH]3)cc2)c1. The number of aromatic nitrogens is 2. The van der Waals surface area contributed by atoms with Crippen molar-refractivity contribution in [3.8, 4) is 17.1 Å². The third-order valence-corrected chi connectivity index (χ3v) is 3.25. The molecule has 0 saturated carbocycles. The van der Waals surface area contributed by atoms with Gasteiger partial charge in [-0.2, -0.15) is 0 Å². The minimum Gasteiger partial charge on any atom is -0.497 e. The molecule has 0 atom stereocenters. The molecule has 110 valence electrons. The molecule has 3 rings (SSSR count). The van der Waals surface area contributed by atoms with E-state index in [0.717, 1.165) is 17.1 Å². The average Bonchev–Trinajstić information content (AvgIpc) is 3.10. The van der Waals surface area contributed by atoms with Gasteiger partial charge in [-0.1, -0.05) is 6.07 Å². The van der Waals surface area contributed by atoms with Gasteiger partial charge in [0.2, 0.25) is 0 Å². The Morgan fingerprint density at radius 2 is 2.00 bits per heavy atom. The molecular formula is C17H15N3O2. The second-order valence-electron chi connectivity index (χ2n) is 4.70. The summed E-state index contributed by atoms with van der Waals surface area (Å²) in [6.45, 7) is 0. The second-order valence-corrected chi connectivity index (χ2v) is 4.70. The van der Waals surface area contributed by atoms with Gasteiger partial charge in [-0.15, -0.1) is 0 Å². The molecule has 0 aliphatic rings. The quantitative estimate of drug-likeness (QED) is 0.775. The zero-order valence-electron chi connectivity index (χ0n) is 12.0. The molecule has 0 unspecified atom stereocenters. The number of ether oxygens (including phenoxy) is 1. The lowest BCUT2D eigenvalue weighted by atomic mass is 10.1. The molecule has 0 saturated heterocycles. The van der Waals surface area contributed by atoms with E-state index < -0.39 is 0 Å². The highest BCUT2D eigenvalue weighted by Crippen LogP contribution is 2.19. The normalized spacial score (nSPS) is 10.2. The van der Waals surface area contributed by atoms with Crippen molar-refractivity contribution in [2.45, 2.75) is 0 Å². The molecule has 5 heteroatoms. The molecule has 0 aliphatic heterocycles. The van der Waals surface area contributed by atoms with Gasteiger partial charge in [0, 0.05) is 29.2 Å². The number of imidazole rings is 1. The molecule has 1 heterocycles. The van der Waals surface area contributed by atoms with Crippen LogP contribution in [0, 0.1) is 0 Å². The molecule has 1 aromatic heterocycles. The largest absolute Gasteiger partial charge is 0.497 e. The first-order valence-corrected chi connectivity index (χ1v) is 6.81. The molecule has 0 aliphatic carbocycles. The van der Waals surface area contributed by atoms with Crippen molar-refractivity contribution >= 4 is 11.6 Å². The van der Waals surface area contributed by atoms with Crippen molar-refractivity contribution < 1.29 is 9.53 Å². The third kappa shape index (κ3) is 2.98. The molecule has 3 aromatic rings. The summed E-state index contributed by atoms with van der Waals surface area (Å²) in [4.78, 5) is 19.4. The Hall–Kier alpha value is -3.08. The van der Waals surface area contributed by atoms with E-state index in [9.17, 15) is 4.79 Å². The fourth-order valence-corrected chi connectivity index (χ4v) is 2.10. The van der Waals surface area contributed by atoms with E-state index in [4.69, 9.17) is 4.74 Å². The van der Waals surface area contributed by atoms with Crippen LogP contribution in [0.5, 0.6) is 5.75 Å². The van der Waals surface area contributed by atoms with E-state index >= 15 is 0 Å². The Morgan fingerprint density at radius 3 is 2.68 bits per heavy atom.